The molecular formula is C10H12N4OS. The van der Waals surface area contributed by atoms with Crippen molar-refractivity contribution in [2.75, 3.05) is 5.73 Å². The van der Waals surface area contributed by atoms with Crippen molar-refractivity contribution in [3.05, 3.63) is 35.4 Å². The van der Waals surface area contributed by atoms with Gasteiger partial charge >= 0.3 is 0 Å². The molecule has 2 aromatic rings. The lowest BCUT2D eigenvalue weighted by atomic mass is 10.2. The quantitative estimate of drug-likeness (QED) is 0.694. The van der Waals surface area contributed by atoms with Crippen LogP contribution in [0.15, 0.2) is 29.4 Å². The summed E-state index contributed by atoms with van der Waals surface area (Å²) in [7, 11) is 0. The van der Waals surface area contributed by atoms with Crippen molar-refractivity contribution in [3.63, 3.8) is 0 Å². The molecule has 5 nitrogen and oxygen atoms in total. The third-order valence-electron chi connectivity index (χ3n) is 2.06. The van der Waals surface area contributed by atoms with Gasteiger partial charge in [-0.1, -0.05) is 36.0 Å². The van der Waals surface area contributed by atoms with Crippen molar-refractivity contribution in [3.8, 4) is 0 Å². The molecule has 1 aromatic heterocycles. The summed E-state index contributed by atoms with van der Waals surface area (Å²) in [4.78, 5) is 3.99. The zero-order valence-electron chi connectivity index (χ0n) is 8.55. The molecule has 0 saturated heterocycles. The Balaban J connectivity index is 1.94. The molecule has 0 amide bonds. The van der Waals surface area contributed by atoms with Gasteiger partial charge in [0.2, 0.25) is 11.1 Å². The molecule has 0 aliphatic rings. The molecule has 0 unspecified atom stereocenters. The standard InChI is InChI=1S/C10H12N4OS/c11-9-12-10(14-13-9)16-6-8-3-1-7(5-15)2-4-8/h1-4,15H,5-6H2,(H3,11,12,13,14). The molecule has 4 N–H and O–H groups in total. The number of thioether (sulfide) groups is 1. The number of nitrogens with two attached hydrogens (primary N) is 1. The van der Waals surface area contributed by atoms with Crippen molar-refractivity contribution in [1.29, 1.82) is 0 Å². The second-order valence-corrected chi connectivity index (χ2v) is 4.21. The van der Waals surface area contributed by atoms with Gasteiger partial charge in [0.05, 0.1) is 6.61 Å². The van der Waals surface area contributed by atoms with Crippen LogP contribution in [0.1, 0.15) is 11.1 Å². The summed E-state index contributed by atoms with van der Waals surface area (Å²) >= 11 is 1.51. The number of H-pyrrole nitrogens is 1. The number of aromatic amines is 1. The molecule has 0 aliphatic carbocycles. The van der Waals surface area contributed by atoms with Gasteiger partial charge in [0.25, 0.3) is 0 Å². The molecule has 0 fully saturated rings. The maximum Gasteiger partial charge on any atom is 0.216 e. The number of anilines is 1. The molecule has 6 heteroatoms. The van der Waals surface area contributed by atoms with E-state index >= 15 is 0 Å². The number of rotatable bonds is 4. The van der Waals surface area contributed by atoms with Crippen LogP contribution < -0.4 is 5.73 Å². The van der Waals surface area contributed by atoms with Crippen molar-refractivity contribution in [1.82, 2.24) is 15.2 Å². The predicted molar refractivity (Wildman–Crippen MR) is 62.7 cm³/mol. The number of aliphatic hydroxyl groups excluding tert-OH is 1. The lowest BCUT2D eigenvalue weighted by Crippen LogP contribution is -1.86. The Bertz CT molecular complexity index is 454. The first kappa shape index (κ1) is 11.0. The Labute approximate surface area is 97.1 Å². The zero-order chi connectivity index (χ0) is 11.4. The highest BCUT2D eigenvalue weighted by molar-refractivity contribution is 7.98. The van der Waals surface area contributed by atoms with Crippen LogP contribution in [-0.2, 0) is 12.4 Å². The molecular weight excluding hydrogens is 224 g/mol. The molecule has 1 aromatic carbocycles. The summed E-state index contributed by atoms with van der Waals surface area (Å²) in [5.41, 5.74) is 7.49. The van der Waals surface area contributed by atoms with Crippen molar-refractivity contribution >= 4 is 17.7 Å². The van der Waals surface area contributed by atoms with Crippen LogP contribution in [0.4, 0.5) is 5.95 Å². The second kappa shape index (κ2) is 5.00. The van der Waals surface area contributed by atoms with Gasteiger partial charge < -0.3 is 10.8 Å². The summed E-state index contributed by atoms with van der Waals surface area (Å²) < 4.78 is 0. The van der Waals surface area contributed by atoms with Gasteiger partial charge in [0.15, 0.2) is 0 Å². The summed E-state index contributed by atoms with van der Waals surface area (Å²) in [6, 6.07) is 7.77. The highest BCUT2D eigenvalue weighted by Gasteiger charge is 2.01. The fourth-order valence-electron chi connectivity index (χ4n) is 1.21. The minimum atomic E-state index is 0.0743. The fraction of sp³-hybridized carbons (Fsp3) is 0.200. The number of nitrogens with one attached hydrogen (secondary N) is 1. The first-order chi connectivity index (χ1) is 7.78. The van der Waals surface area contributed by atoms with Crippen LogP contribution >= 0.6 is 11.8 Å². The number of hydrogen-bond donors (Lipinski definition) is 3. The van der Waals surface area contributed by atoms with Gasteiger partial charge in [-0.05, 0) is 11.1 Å². The average Bonchev–Trinajstić information content (AvgIpc) is 2.73. The van der Waals surface area contributed by atoms with Crippen molar-refractivity contribution < 1.29 is 5.11 Å². The third-order valence-corrected chi connectivity index (χ3v) is 2.97. The van der Waals surface area contributed by atoms with E-state index in [0.717, 1.165) is 16.9 Å². The van der Waals surface area contributed by atoms with Gasteiger partial charge in [-0.15, -0.1) is 5.10 Å². The van der Waals surface area contributed by atoms with Crippen LogP contribution in [-0.4, -0.2) is 20.3 Å². The van der Waals surface area contributed by atoms with E-state index in [-0.39, 0.29) is 6.61 Å². The van der Waals surface area contributed by atoms with E-state index < -0.39 is 0 Å². The van der Waals surface area contributed by atoms with E-state index in [4.69, 9.17) is 10.8 Å². The minimum Gasteiger partial charge on any atom is -0.392 e. The summed E-state index contributed by atoms with van der Waals surface area (Å²) in [5, 5.41) is 16.1. The average molecular weight is 236 g/mol. The van der Waals surface area contributed by atoms with Crippen molar-refractivity contribution in [2.24, 2.45) is 0 Å². The lowest BCUT2D eigenvalue weighted by molar-refractivity contribution is 0.282. The second-order valence-electron chi connectivity index (χ2n) is 3.27. The zero-order valence-corrected chi connectivity index (χ0v) is 9.37. The first-order valence-corrected chi connectivity index (χ1v) is 5.76. The number of aliphatic hydroxyl groups is 1. The molecule has 0 spiro atoms. The van der Waals surface area contributed by atoms with Gasteiger partial charge in [-0.2, -0.15) is 4.98 Å². The van der Waals surface area contributed by atoms with E-state index in [1.165, 1.54) is 11.8 Å². The monoisotopic (exact) mass is 236 g/mol. The summed E-state index contributed by atoms with van der Waals surface area (Å²) in [6.07, 6.45) is 0. The highest BCUT2D eigenvalue weighted by atomic mass is 32.2. The van der Waals surface area contributed by atoms with Crippen LogP contribution in [0.5, 0.6) is 0 Å². The molecule has 0 aliphatic heterocycles. The fourth-order valence-corrected chi connectivity index (χ4v) is 1.97. The Morgan fingerprint density at radius 3 is 2.50 bits per heavy atom. The molecule has 84 valence electrons. The van der Waals surface area contributed by atoms with E-state index in [0.29, 0.717) is 11.1 Å². The largest absolute Gasteiger partial charge is 0.392 e. The third kappa shape index (κ3) is 2.74. The Morgan fingerprint density at radius 1 is 1.25 bits per heavy atom. The van der Waals surface area contributed by atoms with Crippen LogP contribution in [0.3, 0.4) is 0 Å². The molecule has 2 rings (SSSR count). The van der Waals surface area contributed by atoms with E-state index in [1.807, 2.05) is 24.3 Å². The Hall–Kier alpha value is -1.53. The smallest absolute Gasteiger partial charge is 0.216 e. The highest BCUT2D eigenvalue weighted by Crippen LogP contribution is 2.19. The van der Waals surface area contributed by atoms with E-state index in [9.17, 15) is 0 Å². The Morgan fingerprint density at radius 2 is 1.94 bits per heavy atom. The maximum atomic E-state index is 8.90. The Kier molecular flexibility index (Phi) is 3.43. The van der Waals surface area contributed by atoms with Crippen LogP contribution in [0, 0.1) is 0 Å². The minimum absolute atomic E-state index is 0.0743. The predicted octanol–water partition coefficient (Wildman–Crippen LogP) is 1.17. The topological polar surface area (TPSA) is 87.8 Å². The van der Waals surface area contributed by atoms with E-state index in [2.05, 4.69) is 15.2 Å². The maximum absolute atomic E-state index is 8.90. The van der Waals surface area contributed by atoms with Gasteiger partial charge in [0, 0.05) is 5.75 Å². The lowest BCUT2D eigenvalue weighted by Gasteiger charge is -2.00. The normalized spacial score (nSPS) is 10.6. The molecule has 0 radical (unpaired) electrons. The molecule has 0 atom stereocenters. The molecule has 1 heterocycles. The van der Waals surface area contributed by atoms with Gasteiger partial charge in [-0.3, -0.25) is 0 Å². The molecule has 16 heavy (non-hydrogen) atoms. The number of nitrogens with zero attached hydrogens (tertiary/aromatic N) is 2. The molecule has 0 saturated carbocycles. The number of aromatic nitrogens is 3. The summed E-state index contributed by atoms with van der Waals surface area (Å²) in [6.45, 7) is 0.0743. The van der Waals surface area contributed by atoms with Gasteiger partial charge in [0.1, 0.15) is 0 Å². The molecule has 0 bridgehead atoms. The van der Waals surface area contributed by atoms with Crippen LogP contribution in [0.2, 0.25) is 0 Å². The van der Waals surface area contributed by atoms with Gasteiger partial charge in [-0.25, -0.2) is 5.10 Å². The number of benzene rings is 1. The van der Waals surface area contributed by atoms with E-state index in [1.54, 1.807) is 0 Å². The number of hydrogen-bond acceptors (Lipinski definition) is 5. The van der Waals surface area contributed by atoms with Crippen LogP contribution in [0.25, 0.3) is 0 Å². The first-order valence-electron chi connectivity index (χ1n) is 4.77. The van der Waals surface area contributed by atoms with Crippen molar-refractivity contribution in [2.45, 2.75) is 17.5 Å². The number of nitrogen functional groups attached to an aromatic ring is 1. The SMILES string of the molecule is Nc1nc(SCc2ccc(CO)cc2)n[nH]1. The summed E-state index contributed by atoms with van der Waals surface area (Å²) in [5.74, 6) is 1.11.